The topological polar surface area (TPSA) is 34.1 Å². The lowest BCUT2D eigenvalue weighted by Crippen LogP contribution is -2.45. The number of alkyl halides is 4. The molecule has 0 unspecified atom stereocenters. The monoisotopic (exact) mass is 290 g/mol. The van der Waals surface area contributed by atoms with Gasteiger partial charge in [0.25, 0.3) is 10.5 Å². The molecule has 0 N–H and O–H groups in total. The third kappa shape index (κ3) is 2.31. The highest BCUT2D eigenvalue weighted by atomic mass is 35.5. The molecular weight excluding hydrogens is 293 g/mol. The molecule has 0 amide bonds. The molecule has 0 saturated carbocycles. The molecule has 0 aliphatic carbocycles. The molecule has 12 heavy (non-hydrogen) atoms. The van der Waals surface area contributed by atoms with Crippen molar-refractivity contribution < 1.29 is 9.59 Å². The second kappa shape index (κ2) is 4.07. The summed E-state index contributed by atoms with van der Waals surface area (Å²) in [5.41, 5.74) is 0. The van der Waals surface area contributed by atoms with Crippen LogP contribution in [-0.4, -0.2) is 19.2 Å². The fraction of sp³-hybridized carbons (Fsp3) is 0.500. The van der Waals surface area contributed by atoms with Crippen molar-refractivity contribution in [3.8, 4) is 0 Å². The van der Waals surface area contributed by atoms with Crippen molar-refractivity contribution in [2.45, 2.75) is 8.67 Å². The highest BCUT2D eigenvalue weighted by molar-refractivity contribution is 6.89. The maximum atomic E-state index is 10.5. The van der Waals surface area contributed by atoms with Gasteiger partial charge in [0.1, 0.15) is 0 Å². The number of carbonyl (C=O) groups is 2. The Morgan fingerprint density at radius 1 is 0.750 bits per heavy atom. The average molecular weight is 293 g/mol. The minimum atomic E-state index is -2.46. The molecule has 0 aliphatic heterocycles. The molecule has 2 nitrogen and oxygen atoms in total. The Labute approximate surface area is 98.0 Å². The third-order valence-corrected chi connectivity index (χ3v) is 4.05. The van der Waals surface area contributed by atoms with Crippen molar-refractivity contribution in [2.24, 2.45) is 0 Å². The molecule has 0 saturated heterocycles. The standard InChI is InChI=1S/C4Cl6O2/c5-1(11)3(7,8)4(9,10)2(6)12. The molecule has 0 aromatic rings. The molecule has 0 radical (unpaired) electrons. The minimum absolute atomic E-state index is 1.29. The van der Waals surface area contributed by atoms with Crippen molar-refractivity contribution in [2.75, 3.05) is 0 Å². The van der Waals surface area contributed by atoms with E-state index in [0.717, 1.165) is 0 Å². The molecule has 0 aromatic heterocycles. The summed E-state index contributed by atoms with van der Waals surface area (Å²) in [7, 11) is 0. The molecule has 0 aliphatic rings. The zero-order valence-electron chi connectivity index (χ0n) is 5.08. The van der Waals surface area contributed by atoms with Crippen molar-refractivity contribution in [1.29, 1.82) is 0 Å². The summed E-state index contributed by atoms with van der Waals surface area (Å²) in [5.74, 6) is 0. The summed E-state index contributed by atoms with van der Waals surface area (Å²) in [6, 6.07) is 0. The molecule has 0 atom stereocenters. The fourth-order valence-corrected chi connectivity index (χ4v) is 1.07. The molecule has 0 aromatic carbocycles. The van der Waals surface area contributed by atoms with Gasteiger partial charge in [-0.3, -0.25) is 9.59 Å². The van der Waals surface area contributed by atoms with Crippen LogP contribution in [-0.2, 0) is 9.59 Å². The van der Waals surface area contributed by atoms with Gasteiger partial charge < -0.3 is 0 Å². The van der Waals surface area contributed by atoms with Gasteiger partial charge in [0.15, 0.2) is 0 Å². The van der Waals surface area contributed by atoms with E-state index in [4.69, 9.17) is 69.6 Å². The summed E-state index contributed by atoms with van der Waals surface area (Å²) in [6.45, 7) is 0. The van der Waals surface area contributed by atoms with Gasteiger partial charge in [-0.1, -0.05) is 46.4 Å². The van der Waals surface area contributed by atoms with Crippen LogP contribution in [0.5, 0.6) is 0 Å². The maximum absolute atomic E-state index is 10.5. The van der Waals surface area contributed by atoms with Crippen LogP contribution in [0.15, 0.2) is 0 Å². The number of hydrogen-bond donors (Lipinski definition) is 0. The zero-order valence-corrected chi connectivity index (χ0v) is 9.62. The average Bonchev–Trinajstić information content (AvgIpc) is 1.86. The van der Waals surface area contributed by atoms with Crippen molar-refractivity contribution in [3.05, 3.63) is 0 Å². The van der Waals surface area contributed by atoms with Crippen LogP contribution in [0.1, 0.15) is 0 Å². The smallest absolute Gasteiger partial charge is 0.261 e. The Bertz CT molecular complexity index is 198. The third-order valence-electron chi connectivity index (χ3n) is 0.888. The van der Waals surface area contributed by atoms with E-state index in [1.54, 1.807) is 0 Å². The SMILES string of the molecule is O=C(Cl)C(Cl)(Cl)C(Cl)(Cl)C(=O)Cl. The molecule has 0 heterocycles. The van der Waals surface area contributed by atoms with Gasteiger partial charge >= 0.3 is 0 Å². The van der Waals surface area contributed by atoms with Crippen LogP contribution in [0.25, 0.3) is 0 Å². The summed E-state index contributed by atoms with van der Waals surface area (Å²) in [6.07, 6.45) is 0. The van der Waals surface area contributed by atoms with Gasteiger partial charge in [0.2, 0.25) is 8.67 Å². The summed E-state index contributed by atoms with van der Waals surface area (Å²) in [4.78, 5) is 21.1. The van der Waals surface area contributed by atoms with Gasteiger partial charge in [0.05, 0.1) is 0 Å². The first-order valence-corrected chi connectivity index (χ1v) is 4.56. The zero-order chi connectivity index (χ0) is 10.2. The summed E-state index contributed by atoms with van der Waals surface area (Å²) < 4.78 is -4.92. The summed E-state index contributed by atoms with van der Waals surface area (Å²) >= 11 is 30.9. The van der Waals surface area contributed by atoms with E-state index >= 15 is 0 Å². The number of hydrogen-bond acceptors (Lipinski definition) is 2. The van der Waals surface area contributed by atoms with Gasteiger partial charge in [0, 0.05) is 0 Å². The van der Waals surface area contributed by atoms with Gasteiger partial charge in [-0.05, 0) is 23.2 Å². The van der Waals surface area contributed by atoms with E-state index < -0.39 is 19.2 Å². The van der Waals surface area contributed by atoms with Gasteiger partial charge in [-0.2, -0.15) is 0 Å². The molecule has 8 heteroatoms. The van der Waals surface area contributed by atoms with E-state index in [-0.39, 0.29) is 0 Å². The fourth-order valence-electron chi connectivity index (χ4n) is 0.247. The van der Waals surface area contributed by atoms with Crippen LogP contribution in [0.4, 0.5) is 0 Å². The second-order valence-corrected chi connectivity index (χ2v) is 5.04. The number of halogens is 6. The summed E-state index contributed by atoms with van der Waals surface area (Å²) in [5, 5.41) is -2.57. The first-order valence-electron chi connectivity index (χ1n) is 2.29. The Morgan fingerprint density at radius 2 is 0.917 bits per heavy atom. The second-order valence-electron chi connectivity index (χ2n) is 1.70. The Morgan fingerprint density at radius 3 is 1.00 bits per heavy atom. The van der Waals surface area contributed by atoms with Gasteiger partial charge in [-0.15, -0.1) is 0 Å². The van der Waals surface area contributed by atoms with E-state index in [1.165, 1.54) is 0 Å². The highest BCUT2D eigenvalue weighted by Gasteiger charge is 2.57. The Balaban J connectivity index is 5.01. The molecule has 0 bridgehead atoms. The lowest BCUT2D eigenvalue weighted by atomic mass is 10.3. The maximum Gasteiger partial charge on any atom is 0.261 e. The molecule has 0 rings (SSSR count). The van der Waals surface area contributed by atoms with Crippen LogP contribution < -0.4 is 0 Å². The quantitative estimate of drug-likeness (QED) is 0.592. The van der Waals surface area contributed by atoms with E-state index in [0.29, 0.717) is 0 Å². The number of carbonyl (C=O) groups excluding carboxylic acids is 2. The first-order chi connectivity index (χ1) is 5.14. The van der Waals surface area contributed by atoms with Crippen LogP contribution in [0.2, 0.25) is 0 Å². The predicted octanol–water partition coefficient (Wildman–Crippen LogP) is 2.87. The highest BCUT2D eigenvalue weighted by Crippen LogP contribution is 2.45. The number of rotatable bonds is 3. The van der Waals surface area contributed by atoms with Crippen LogP contribution >= 0.6 is 69.6 Å². The lowest BCUT2D eigenvalue weighted by Gasteiger charge is -2.25. The van der Waals surface area contributed by atoms with Crippen molar-refractivity contribution in [3.63, 3.8) is 0 Å². The Kier molecular flexibility index (Phi) is 4.44. The molecule has 70 valence electrons. The van der Waals surface area contributed by atoms with Crippen molar-refractivity contribution in [1.82, 2.24) is 0 Å². The van der Waals surface area contributed by atoms with E-state index in [9.17, 15) is 9.59 Å². The minimum Gasteiger partial charge on any atom is -0.278 e. The van der Waals surface area contributed by atoms with Crippen molar-refractivity contribution >= 4 is 80.1 Å². The molecule has 0 spiro atoms. The lowest BCUT2D eigenvalue weighted by molar-refractivity contribution is -0.117. The van der Waals surface area contributed by atoms with E-state index in [1.807, 2.05) is 0 Å². The Hall–Kier alpha value is 1.08. The molecule has 0 fully saturated rings. The van der Waals surface area contributed by atoms with Crippen LogP contribution in [0, 0.1) is 0 Å². The normalized spacial score (nSPS) is 12.8. The van der Waals surface area contributed by atoms with E-state index in [2.05, 4.69) is 0 Å². The van der Waals surface area contributed by atoms with Crippen LogP contribution in [0.3, 0.4) is 0 Å². The van der Waals surface area contributed by atoms with Gasteiger partial charge in [-0.25, -0.2) is 0 Å². The first kappa shape index (κ1) is 13.1. The molecular formula is C4Cl6O2. The predicted molar refractivity (Wildman–Crippen MR) is 50.6 cm³/mol. The largest absolute Gasteiger partial charge is 0.278 e.